The van der Waals surface area contributed by atoms with Gasteiger partial charge in [-0.3, -0.25) is 0 Å². The molecule has 0 unspecified atom stereocenters. The molecule has 1 aromatic heterocycles. The van der Waals surface area contributed by atoms with E-state index in [9.17, 15) is 4.39 Å². The fourth-order valence-corrected chi connectivity index (χ4v) is 1.40. The molecular formula is C13H13FN4. The van der Waals surface area contributed by atoms with Gasteiger partial charge in [0.2, 0.25) is 0 Å². The summed E-state index contributed by atoms with van der Waals surface area (Å²) in [4.78, 5) is 8.07. The third-order valence-corrected chi connectivity index (χ3v) is 2.23. The minimum Gasteiger partial charge on any atom is -0.366 e. The number of para-hydroxylation sites is 1. The first-order valence-electron chi connectivity index (χ1n) is 5.48. The quantitative estimate of drug-likeness (QED) is 0.794. The molecule has 2 rings (SSSR count). The molecule has 0 bridgehead atoms. The molecule has 5 heteroatoms. The van der Waals surface area contributed by atoms with Crippen LogP contribution < -0.4 is 10.6 Å². The summed E-state index contributed by atoms with van der Waals surface area (Å²) in [5.74, 6) is 0.863. The Morgan fingerprint density at radius 3 is 2.78 bits per heavy atom. The van der Waals surface area contributed by atoms with Crippen molar-refractivity contribution in [1.82, 2.24) is 9.97 Å². The lowest BCUT2D eigenvalue weighted by Crippen LogP contribution is -2.02. The van der Waals surface area contributed by atoms with Gasteiger partial charge in [-0.05, 0) is 12.1 Å². The summed E-state index contributed by atoms with van der Waals surface area (Å²) in [6.45, 7) is 4.21. The predicted molar refractivity (Wildman–Crippen MR) is 70.4 cm³/mol. The highest BCUT2D eigenvalue weighted by molar-refractivity contribution is 5.59. The second-order valence-corrected chi connectivity index (χ2v) is 3.56. The lowest BCUT2D eigenvalue weighted by Gasteiger charge is -2.08. The van der Waals surface area contributed by atoms with Gasteiger partial charge < -0.3 is 10.6 Å². The molecule has 0 saturated heterocycles. The van der Waals surface area contributed by atoms with Crippen molar-refractivity contribution < 1.29 is 4.39 Å². The number of nitrogens with one attached hydrogen (secondary N) is 2. The van der Waals surface area contributed by atoms with Crippen LogP contribution in [-0.2, 0) is 0 Å². The van der Waals surface area contributed by atoms with Crippen LogP contribution in [0.3, 0.4) is 0 Å². The van der Waals surface area contributed by atoms with E-state index in [4.69, 9.17) is 0 Å². The van der Waals surface area contributed by atoms with Gasteiger partial charge in [-0.25, -0.2) is 14.4 Å². The summed E-state index contributed by atoms with van der Waals surface area (Å²) in [5, 5.41) is 5.93. The van der Waals surface area contributed by atoms with Crippen molar-refractivity contribution in [3.05, 3.63) is 55.1 Å². The molecule has 0 atom stereocenters. The number of aromatic nitrogens is 2. The molecular weight excluding hydrogens is 231 g/mol. The Hall–Kier alpha value is -2.43. The van der Waals surface area contributed by atoms with Crippen molar-refractivity contribution in [1.29, 1.82) is 0 Å². The maximum atomic E-state index is 13.4. The summed E-state index contributed by atoms with van der Waals surface area (Å²) in [7, 11) is 0. The Labute approximate surface area is 105 Å². The van der Waals surface area contributed by atoms with Crippen LogP contribution in [0.5, 0.6) is 0 Å². The van der Waals surface area contributed by atoms with Gasteiger partial charge in [0, 0.05) is 12.6 Å². The number of rotatable bonds is 5. The summed E-state index contributed by atoms with van der Waals surface area (Å²) < 4.78 is 13.4. The van der Waals surface area contributed by atoms with E-state index in [0.29, 0.717) is 23.9 Å². The Kier molecular flexibility index (Phi) is 3.86. The molecule has 18 heavy (non-hydrogen) atoms. The van der Waals surface area contributed by atoms with Crippen molar-refractivity contribution in [2.24, 2.45) is 0 Å². The molecule has 1 heterocycles. The molecule has 0 aliphatic carbocycles. The number of hydrogen-bond donors (Lipinski definition) is 2. The van der Waals surface area contributed by atoms with Crippen LogP contribution in [-0.4, -0.2) is 16.5 Å². The van der Waals surface area contributed by atoms with Crippen LogP contribution in [0.4, 0.5) is 21.7 Å². The normalized spacial score (nSPS) is 9.83. The Bertz CT molecular complexity index is 542. The van der Waals surface area contributed by atoms with Gasteiger partial charge in [-0.2, -0.15) is 0 Å². The van der Waals surface area contributed by atoms with Gasteiger partial charge in [0.05, 0.1) is 5.69 Å². The zero-order valence-corrected chi connectivity index (χ0v) is 9.73. The zero-order valence-electron chi connectivity index (χ0n) is 9.73. The van der Waals surface area contributed by atoms with Crippen LogP contribution in [0.15, 0.2) is 49.3 Å². The minimum atomic E-state index is -0.322. The van der Waals surface area contributed by atoms with Crippen LogP contribution in [0, 0.1) is 5.82 Å². The first-order chi connectivity index (χ1) is 8.79. The number of anilines is 3. The Balaban J connectivity index is 2.14. The third kappa shape index (κ3) is 3.04. The number of nitrogens with zero attached hydrogens (tertiary/aromatic N) is 2. The van der Waals surface area contributed by atoms with Gasteiger partial charge in [-0.1, -0.05) is 18.2 Å². The van der Waals surface area contributed by atoms with Crippen molar-refractivity contribution in [2.45, 2.75) is 0 Å². The maximum Gasteiger partial charge on any atom is 0.146 e. The van der Waals surface area contributed by atoms with Crippen molar-refractivity contribution in [3.63, 3.8) is 0 Å². The van der Waals surface area contributed by atoms with Crippen LogP contribution in [0.1, 0.15) is 0 Å². The molecule has 0 fully saturated rings. The maximum absolute atomic E-state index is 13.4. The summed E-state index contributed by atoms with van der Waals surface area (Å²) in [6, 6.07) is 8.13. The average molecular weight is 244 g/mol. The first kappa shape index (κ1) is 12.0. The van der Waals surface area contributed by atoms with E-state index >= 15 is 0 Å². The molecule has 92 valence electrons. The van der Waals surface area contributed by atoms with Gasteiger partial charge in [0.1, 0.15) is 23.8 Å². The topological polar surface area (TPSA) is 49.8 Å². The van der Waals surface area contributed by atoms with E-state index in [1.807, 2.05) is 0 Å². The standard InChI is InChI=1S/C13H13FN4/c1-2-7-15-12-8-13(17-9-16-12)18-11-6-4-3-5-10(11)14/h2-6,8-9H,1,7H2,(H2,15,16,17,18). The van der Waals surface area contributed by atoms with Gasteiger partial charge in [-0.15, -0.1) is 6.58 Å². The minimum absolute atomic E-state index is 0.322. The summed E-state index contributed by atoms with van der Waals surface area (Å²) in [6.07, 6.45) is 3.14. The lowest BCUT2D eigenvalue weighted by molar-refractivity contribution is 0.632. The monoisotopic (exact) mass is 244 g/mol. The van der Waals surface area contributed by atoms with Crippen LogP contribution >= 0.6 is 0 Å². The second-order valence-electron chi connectivity index (χ2n) is 3.56. The number of benzene rings is 1. The van der Waals surface area contributed by atoms with E-state index in [1.54, 1.807) is 30.3 Å². The Morgan fingerprint density at radius 2 is 2.00 bits per heavy atom. The van der Waals surface area contributed by atoms with E-state index in [2.05, 4.69) is 27.2 Å². The molecule has 1 aromatic carbocycles. The Morgan fingerprint density at radius 1 is 1.22 bits per heavy atom. The third-order valence-electron chi connectivity index (χ3n) is 2.23. The smallest absolute Gasteiger partial charge is 0.146 e. The lowest BCUT2D eigenvalue weighted by atomic mass is 10.3. The molecule has 0 radical (unpaired) electrons. The largest absolute Gasteiger partial charge is 0.366 e. The van der Waals surface area contributed by atoms with Crippen molar-refractivity contribution >= 4 is 17.3 Å². The number of halogens is 1. The van der Waals surface area contributed by atoms with E-state index in [-0.39, 0.29) is 5.82 Å². The molecule has 0 aliphatic rings. The second kappa shape index (κ2) is 5.77. The van der Waals surface area contributed by atoms with Crippen molar-refractivity contribution in [2.75, 3.05) is 17.2 Å². The zero-order chi connectivity index (χ0) is 12.8. The van der Waals surface area contributed by atoms with Crippen LogP contribution in [0.2, 0.25) is 0 Å². The van der Waals surface area contributed by atoms with E-state index in [1.165, 1.54) is 12.4 Å². The SMILES string of the molecule is C=CCNc1cc(Nc2ccccc2F)ncn1. The molecule has 2 aromatic rings. The van der Waals surface area contributed by atoms with E-state index < -0.39 is 0 Å². The van der Waals surface area contributed by atoms with Crippen LogP contribution in [0.25, 0.3) is 0 Å². The fraction of sp³-hybridized carbons (Fsp3) is 0.0769. The highest BCUT2D eigenvalue weighted by atomic mass is 19.1. The van der Waals surface area contributed by atoms with Crippen molar-refractivity contribution in [3.8, 4) is 0 Å². The molecule has 2 N–H and O–H groups in total. The molecule has 0 spiro atoms. The molecule has 0 amide bonds. The molecule has 0 aliphatic heterocycles. The number of hydrogen-bond acceptors (Lipinski definition) is 4. The molecule has 4 nitrogen and oxygen atoms in total. The fourth-order valence-electron chi connectivity index (χ4n) is 1.40. The highest BCUT2D eigenvalue weighted by Gasteiger charge is 2.02. The summed E-state index contributed by atoms with van der Waals surface area (Å²) in [5.41, 5.74) is 0.380. The predicted octanol–water partition coefficient (Wildman–Crippen LogP) is 2.96. The average Bonchev–Trinajstić information content (AvgIpc) is 2.40. The summed E-state index contributed by atoms with van der Waals surface area (Å²) >= 11 is 0. The van der Waals surface area contributed by atoms with Gasteiger partial charge in [0.25, 0.3) is 0 Å². The van der Waals surface area contributed by atoms with Gasteiger partial charge >= 0.3 is 0 Å². The van der Waals surface area contributed by atoms with Gasteiger partial charge in [0.15, 0.2) is 0 Å². The van der Waals surface area contributed by atoms with E-state index in [0.717, 1.165) is 0 Å². The molecule has 0 saturated carbocycles. The first-order valence-corrected chi connectivity index (χ1v) is 5.48. The highest BCUT2D eigenvalue weighted by Crippen LogP contribution is 2.18.